The lowest BCUT2D eigenvalue weighted by molar-refractivity contribution is -0.341. The van der Waals surface area contributed by atoms with E-state index in [1.54, 1.807) is 30.3 Å². The van der Waals surface area contributed by atoms with E-state index < -0.39 is 116 Å². The van der Waals surface area contributed by atoms with E-state index in [0.29, 0.717) is 4.90 Å². The number of ether oxygens (including phenoxy) is 10. The third-order valence-corrected chi connectivity index (χ3v) is 8.04. The number of esters is 7. The molecular formula is C32H40O17S. The molecule has 1 aromatic rings. The highest BCUT2D eigenvalue weighted by atomic mass is 32.2. The number of carbonyl (C=O) groups is 7. The lowest BCUT2D eigenvalue weighted by Crippen LogP contribution is -2.66. The second kappa shape index (κ2) is 18.7. The molecule has 2 fully saturated rings. The van der Waals surface area contributed by atoms with E-state index in [0.717, 1.165) is 60.2 Å². The molecule has 0 N–H and O–H groups in total. The summed E-state index contributed by atoms with van der Waals surface area (Å²) < 4.78 is 56.8. The average Bonchev–Trinajstić information content (AvgIpc) is 3.00. The zero-order valence-corrected chi connectivity index (χ0v) is 29.2. The van der Waals surface area contributed by atoms with Crippen molar-refractivity contribution < 1.29 is 80.9 Å². The summed E-state index contributed by atoms with van der Waals surface area (Å²) in [6, 6.07) is 8.85. The van der Waals surface area contributed by atoms with Gasteiger partial charge in [0.1, 0.15) is 37.0 Å². The minimum atomic E-state index is -1.75. The third kappa shape index (κ3) is 12.0. The first kappa shape index (κ1) is 40.2. The van der Waals surface area contributed by atoms with Crippen LogP contribution in [0.25, 0.3) is 0 Å². The molecule has 2 heterocycles. The first-order valence-electron chi connectivity index (χ1n) is 15.4. The molecule has 0 spiro atoms. The van der Waals surface area contributed by atoms with Gasteiger partial charge in [-0.05, 0) is 12.1 Å². The van der Waals surface area contributed by atoms with Crippen LogP contribution in [0.2, 0.25) is 0 Å². The van der Waals surface area contributed by atoms with Gasteiger partial charge >= 0.3 is 41.8 Å². The molecule has 0 bridgehead atoms. The van der Waals surface area contributed by atoms with E-state index in [1.165, 1.54) is 0 Å². The quantitative estimate of drug-likeness (QED) is 0.207. The van der Waals surface area contributed by atoms with E-state index in [1.807, 2.05) is 0 Å². The fourth-order valence-corrected chi connectivity index (χ4v) is 6.33. The molecule has 17 nitrogen and oxygen atoms in total. The fraction of sp³-hybridized carbons (Fsp3) is 0.594. The number of rotatable bonds is 13. The van der Waals surface area contributed by atoms with Crippen LogP contribution in [0.15, 0.2) is 35.2 Å². The Labute approximate surface area is 291 Å². The summed E-state index contributed by atoms with van der Waals surface area (Å²) in [5.41, 5.74) is -1.05. The lowest BCUT2D eigenvalue weighted by atomic mass is 9.96. The minimum absolute atomic E-state index is 0.471. The molecule has 0 aliphatic carbocycles. The van der Waals surface area contributed by atoms with E-state index in [-0.39, 0.29) is 0 Å². The Morgan fingerprint density at radius 1 is 0.520 bits per heavy atom. The van der Waals surface area contributed by atoms with Crippen molar-refractivity contribution in [3.05, 3.63) is 30.3 Å². The number of thioether (sulfide) groups is 1. The average molecular weight is 729 g/mol. The van der Waals surface area contributed by atoms with Gasteiger partial charge < -0.3 is 47.4 Å². The van der Waals surface area contributed by atoms with Crippen LogP contribution >= 0.6 is 11.8 Å². The zero-order valence-electron chi connectivity index (χ0n) is 28.4. The topological polar surface area (TPSA) is 212 Å². The first-order chi connectivity index (χ1) is 23.5. The summed E-state index contributed by atoms with van der Waals surface area (Å²) >= 11 is 1.12. The van der Waals surface area contributed by atoms with Crippen LogP contribution in [0.1, 0.15) is 48.5 Å². The minimum Gasteiger partial charge on any atom is -0.463 e. The molecule has 3 rings (SSSR count). The first-order valence-corrected chi connectivity index (χ1v) is 16.2. The van der Waals surface area contributed by atoms with Crippen LogP contribution in [0.3, 0.4) is 0 Å². The van der Waals surface area contributed by atoms with Gasteiger partial charge in [-0.15, -0.1) is 0 Å². The summed E-state index contributed by atoms with van der Waals surface area (Å²) in [6.45, 7) is 6.66. The van der Waals surface area contributed by atoms with Gasteiger partial charge in [-0.25, -0.2) is 0 Å². The molecule has 2 saturated heterocycles. The summed E-state index contributed by atoms with van der Waals surface area (Å²) in [5, 5.41) is 0. The number of benzene rings is 1. The predicted molar refractivity (Wildman–Crippen MR) is 166 cm³/mol. The molecule has 2 aliphatic rings. The maximum Gasteiger partial charge on any atom is 0.303 e. The van der Waals surface area contributed by atoms with Gasteiger partial charge in [-0.3, -0.25) is 33.6 Å². The molecule has 276 valence electrons. The Kier molecular flexibility index (Phi) is 15.0. The molecule has 1 aromatic carbocycles. The fourth-order valence-electron chi connectivity index (χ4n) is 5.20. The number of carbonyl (C=O) groups excluding carboxylic acids is 7. The highest BCUT2D eigenvalue weighted by Gasteiger charge is 2.57. The van der Waals surface area contributed by atoms with Gasteiger partial charge in [0.15, 0.2) is 36.8 Å². The van der Waals surface area contributed by atoms with Crippen molar-refractivity contribution >= 4 is 53.5 Å². The van der Waals surface area contributed by atoms with Crippen LogP contribution in [0, 0.1) is 0 Å². The van der Waals surface area contributed by atoms with Crippen molar-refractivity contribution in [1.82, 2.24) is 0 Å². The molecular weight excluding hydrogens is 688 g/mol. The van der Waals surface area contributed by atoms with Gasteiger partial charge in [0.2, 0.25) is 0 Å². The van der Waals surface area contributed by atoms with Gasteiger partial charge in [-0.2, -0.15) is 0 Å². The van der Waals surface area contributed by atoms with Crippen LogP contribution in [-0.4, -0.2) is 116 Å². The Hall–Kier alpha value is -4.26. The van der Waals surface area contributed by atoms with Crippen molar-refractivity contribution in [2.24, 2.45) is 0 Å². The molecule has 0 radical (unpaired) electrons. The van der Waals surface area contributed by atoms with Crippen LogP contribution in [-0.2, 0) is 80.9 Å². The van der Waals surface area contributed by atoms with E-state index in [4.69, 9.17) is 47.4 Å². The highest BCUT2D eigenvalue weighted by molar-refractivity contribution is 7.99. The van der Waals surface area contributed by atoms with Crippen molar-refractivity contribution in [2.75, 3.05) is 13.2 Å². The van der Waals surface area contributed by atoms with Gasteiger partial charge in [-0.1, -0.05) is 30.0 Å². The Bertz CT molecular complexity index is 1390. The molecule has 2 aliphatic heterocycles. The summed E-state index contributed by atoms with van der Waals surface area (Å²) in [7, 11) is 0. The second-order valence-electron chi connectivity index (χ2n) is 11.1. The second-order valence-corrected chi connectivity index (χ2v) is 12.3. The van der Waals surface area contributed by atoms with Crippen molar-refractivity contribution in [2.45, 2.75) is 114 Å². The molecule has 0 unspecified atom stereocenters. The molecule has 50 heavy (non-hydrogen) atoms. The molecule has 0 saturated carbocycles. The normalized spacial score (nSPS) is 29.0. The lowest BCUT2D eigenvalue weighted by Gasteiger charge is -2.48. The van der Waals surface area contributed by atoms with Crippen LogP contribution < -0.4 is 0 Å². The summed E-state index contributed by atoms with van der Waals surface area (Å²) in [5.74, 6) is -5.63. The largest absolute Gasteiger partial charge is 0.463 e. The monoisotopic (exact) mass is 728 g/mol. The zero-order chi connectivity index (χ0) is 37.1. The molecule has 10 atom stereocenters. The standard InChI is InChI=1S/C32H40O17S/c1-15(33)40-13-23-25(42-17(3)35)27(43-18(4)36)29(45-20(6)38)31(47-23)49-26-24(14-41-16(2)34)48-32(50-22-11-9-8-10-12-22)30(46-21(7)39)28(26)44-19(5)37/h8-12,23-32H,13-14H2,1-7H3/t23-,24-,25+,26+,27-,28-,29+,30+,31-,32+/m0/s1. The molecule has 18 heteroatoms. The van der Waals surface area contributed by atoms with Gasteiger partial charge in [0, 0.05) is 53.4 Å². The van der Waals surface area contributed by atoms with E-state index in [9.17, 15) is 33.6 Å². The maximum absolute atomic E-state index is 12.5. The van der Waals surface area contributed by atoms with Gasteiger partial charge in [0.05, 0.1) is 0 Å². The molecule has 0 amide bonds. The Morgan fingerprint density at radius 3 is 1.42 bits per heavy atom. The van der Waals surface area contributed by atoms with E-state index >= 15 is 0 Å². The highest BCUT2D eigenvalue weighted by Crippen LogP contribution is 2.39. The van der Waals surface area contributed by atoms with Crippen molar-refractivity contribution in [1.29, 1.82) is 0 Å². The number of hydrogen-bond donors (Lipinski definition) is 0. The Balaban J connectivity index is 2.16. The Morgan fingerprint density at radius 2 is 0.940 bits per heavy atom. The van der Waals surface area contributed by atoms with Crippen molar-refractivity contribution in [3.8, 4) is 0 Å². The van der Waals surface area contributed by atoms with Crippen LogP contribution in [0.4, 0.5) is 0 Å². The van der Waals surface area contributed by atoms with Gasteiger partial charge in [0.25, 0.3) is 0 Å². The van der Waals surface area contributed by atoms with Crippen LogP contribution in [0.5, 0.6) is 0 Å². The predicted octanol–water partition coefficient (Wildman–Crippen LogP) is 1.40. The van der Waals surface area contributed by atoms with Crippen molar-refractivity contribution in [3.63, 3.8) is 0 Å². The SMILES string of the molecule is CC(=O)OC[C@@H]1O[C@H](Sc2ccccc2)[C@H](OC(C)=O)[C@@H](OC(C)=O)[C@@H]1O[C@@H]1O[C@@H](COC(C)=O)[C@@H](OC(C)=O)[C@H](OC(C)=O)[C@H]1OC(C)=O. The molecule has 0 aromatic heterocycles. The number of hydrogen-bond acceptors (Lipinski definition) is 18. The smallest absolute Gasteiger partial charge is 0.303 e. The summed E-state index contributed by atoms with van der Waals surface area (Å²) in [6.07, 6.45) is -13.4. The maximum atomic E-state index is 12.5. The summed E-state index contributed by atoms with van der Waals surface area (Å²) in [4.78, 5) is 86.2. The van der Waals surface area contributed by atoms with E-state index in [2.05, 4.69) is 0 Å². The third-order valence-electron chi connectivity index (χ3n) is 6.88.